The lowest BCUT2D eigenvalue weighted by Crippen LogP contribution is -2.51. The number of alkyl carbamates (subject to hydrolysis) is 1. The third-order valence-electron chi connectivity index (χ3n) is 6.41. The second-order valence-electron chi connectivity index (χ2n) is 8.44. The molecule has 0 aromatic heterocycles. The summed E-state index contributed by atoms with van der Waals surface area (Å²) in [6.45, 7) is 0.0957. The predicted octanol–water partition coefficient (Wildman–Crippen LogP) is 3.77. The number of nitrogens with one attached hydrogen (secondary N) is 2. The first-order valence-electron chi connectivity index (χ1n) is 11.1. The Labute approximate surface area is 197 Å². The van der Waals surface area contributed by atoms with E-state index in [1.165, 1.54) is 0 Å². The van der Waals surface area contributed by atoms with E-state index in [1.807, 2.05) is 54.8 Å². The zero-order valence-corrected chi connectivity index (χ0v) is 19.3. The summed E-state index contributed by atoms with van der Waals surface area (Å²) in [6, 6.07) is 14.8. The summed E-state index contributed by atoms with van der Waals surface area (Å²) in [4.78, 5) is 36.7. The number of hydrogen-bond donors (Lipinski definition) is 3. The summed E-state index contributed by atoms with van der Waals surface area (Å²) in [5.41, 5.74) is 4.39. The molecule has 2 aromatic rings. The highest BCUT2D eigenvalue weighted by atomic mass is 32.2. The largest absolute Gasteiger partial charge is 0.481 e. The van der Waals surface area contributed by atoms with Crippen LogP contribution in [0.4, 0.5) is 4.79 Å². The lowest BCUT2D eigenvalue weighted by Gasteiger charge is -2.23. The van der Waals surface area contributed by atoms with Crippen molar-refractivity contribution in [3.63, 3.8) is 0 Å². The Bertz CT molecular complexity index is 997. The molecule has 0 radical (unpaired) electrons. The van der Waals surface area contributed by atoms with Gasteiger partial charge in [-0.1, -0.05) is 55.0 Å². The molecule has 0 heterocycles. The van der Waals surface area contributed by atoms with Crippen LogP contribution in [0.1, 0.15) is 42.7 Å². The lowest BCUT2D eigenvalue weighted by atomic mass is 9.98. The summed E-state index contributed by atoms with van der Waals surface area (Å²) in [6.07, 6.45) is 3.56. The Balaban J connectivity index is 1.40. The van der Waals surface area contributed by atoms with Crippen LogP contribution in [0, 0.1) is 0 Å². The molecule has 2 aliphatic carbocycles. The van der Waals surface area contributed by atoms with Gasteiger partial charge in [0.25, 0.3) is 0 Å². The van der Waals surface area contributed by atoms with Gasteiger partial charge >= 0.3 is 12.1 Å². The maximum atomic E-state index is 12.8. The number of benzene rings is 2. The van der Waals surface area contributed by atoms with Crippen LogP contribution in [0.25, 0.3) is 11.1 Å². The van der Waals surface area contributed by atoms with Crippen molar-refractivity contribution in [1.82, 2.24) is 10.6 Å². The average molecular weight is 469 g/mol. The number of aliphatic carboxylic acids is 1. The fraction of sp³-hybridized carbons (Fsp3) is 0.400. The Morgan fingerprint density at radius 1 is 1.06 bits per heavy atom. The molecule has 2 amide bonds. The molecule has 33 heavy (non-hydrogen) atoms. The number of rotatable bonds is 8. The van der Waals surface area contributed by atoms with E-state index < -0.39 is 30.4 Å². The highest BCUT2D eigenvalue weighted by Crippen LogP contribution is 2.44. The van der Waals surface area contributed by atoms with Crippen molar-refractivity contribution in [2.75, 3.05) is 12.9 Å². The van der Waals surface area contributed by atoms with Crippen LogP contribution in [-0.2, 0) is 14.3 Å². The number of carbonyl (C=O) groups is 3. The fourth-order valence-electron chi connectivity index (χ4n) is 4.82. The number of hydrogen-bond acceptors (Lipinski definition) is 5. The van der Waals surface area contributed by atoms with E-state index in [9.17, 15) is 19.5 Å². The SMILES string of the molecule is CSC1CCCC1NC(=O)C(CC(=O)O)NC(=O)OCC1c2ccccc2-c2ccccc21. The molecule has 0 aliphatic heterocycles. The highest BCUT2D eigenvalue weighted by Gasteiger charge is 2.33. The minimum Gasteiger partial charge on any atom is -0.481 e. The monoisotopic (exact) mass is 468 g/mol. The van der Waals surface area contributed by atoms with Gasteiger partial charge in [0.05, 0.1) is 6.42 Å². The summed E-state index contributed by atoms with van der Waals surface area (Å²) >= 11 is 1.69. The molecule has 1 saturated carbocycles. The summed E-state index contributed by atoms with van der Waals surface area (Å²) in [5, 5.41) is 14.9. The lowest BCUT2D eigenvalue weighted by molar-refractivity contribution is -0.140. The standard InChI is InChI=1S/C25H28N2O5S/c1-33-22-12-6-11-20(22)26-24(30)21(13-23(28)29)27-25(31)32-14-19-17-9-4-2-7-15(17)16-8-3-5-10-18(16)19/h2-5,7-10,19-22H,6,11-14H2,1H3,(H,26,30)(H,27,31)(H,28,29). The number of thioether (sulfide) groups is 1. The van der Waals surface area contributed by atoms with Crippen LogP contribution in [0.5, 0.6) is 0 Å². The average Bonchev–Trinajstić information content (AvgIpc) is 3.39. The molecule has 8 heteroatoms. The number of carboxylic acids is 1. The number of carboxylic acid groups (broad SMARTS) is 1. The van der Waals surface area contributed by atoms with Crippen LogP contribution in [0.3, 0.4) is 0 Å². The van der Waals surface area contributed by atoms with Crippen molar-refractivity contribution in [1.29, 1.82) is 0 Å². The van der Waals surface area contributed by atoms with E-state index in [2.05, 4.69) is 10.6 Å². The molecule has 0 saturated heterocycles. The summed E-state index contributed by atoms with van der Waals surface area (Å²) < 4.78 is 5.49. The molecular formula is C25H28N2O5S. The van der Waals surface area contributed by atoms with E-state index in [4.69, 9.17) is 4.74 Å². The van der Waals surface area contributed by atoms with E-state index in [-0.39, 0.29) is 18.6 Å². The molecule has 7 nitrogen and oxygen atoms in total. The Hall–Kier alpha value is -3.00. The van der Waals surface area contributed by atoms with Gasteiger partial charge in [-0.05, 0) is 41.4 Å². The number of amides is 2. The fourth-order valence-corrected chi connectivity index (χ4v) is 5.76. The molecule has 2 aromatic carbocycles. The highest BCUT2D eigenvalue weighted by molar-refractivity contribution is 7.99. The molecule has 3 atom stereocenters. The van der Waals surface area contributed by atoms with Crippen molar-refractivity contribution >= 4 is 29.7 Å². The van der Waals surface area contributed by atoms with Crippen LogP contribution in [0.15, 0.2) is 48.5 Å². The number of ether oxygens (including phenoxy) is 1. The molecule has 1 fully saturated rings. The first-order valence-corrected chi connectivity index (χ1v) is 12.4. The maximum Gasteiger partial charge on any atom is 0.407 e. The van der Waals surface area contributed by atoms with Gasteiger partial charge in [-0.15, -0.1) is 0 Å². The summed E-state index contributed by atoms with van der Waals surface area (Å²) in [7, 11) is 0. The smallest absolute Gasteiger partial charge is 0.407 e. The van der Waals surface area contributed by atoms with Gasteiger partial charge in [0.2, 0.25) is 5.91 Å². The second-order valence-corrected chi connectivity index (χ2v) is 9.52. The Morgan fingerprint density at radius 2 is 1.70 bits per heavy atom. The van der Waals surface area contributed by atoms with Crippen LogP contribution in [-0.4, -0.2) is 53.3 Å². The number of carbonyl (C=O) groups excluding carboxylic acids is 2. The van der Waals surface area contributed by atoms with Crippen LogP contribution >= 0.6 is 11.8 Å². The minimum absolute atomic E-state index is 0.0203. The van der Waals surface area contributed by atoms with Crippen molar-refractivity contribution < 1.29 is 24.2 Å². The van der Waals surface area contributed by atoms with Gasteiger partial charge in [-0.2, -0.15) is 11.8 Å². The van der Waals surface area contributed by atoms with Crippen LogP contribution < -0.4 is 10.6 Å². The molecule has 4 rings (SSSR count). The number of fused-ring (bicyclic) bond motifs is 3. The van der Waals surface area contributed by atoms with Crippen molar-refractivity contribution in [3.05, 3.63) is 59.7 Å². The zero-order valence-electron chi connectivity index (χ0n) is 18.5. The van der Waals surface area contributed by atoms with Gasteiger partial charge in [0.15, 0.2) is 0 Å². The van der Waals surface area contributed by atoms with Gasteiger partial charge in [0, 0.05) is 17.2 Å². The van der Waals surface area contributed by atoms with Gasteiger partial charge < -0.3 is 20.5 Å². The molecule has 0 bridgehead atoms. The van der Waals surface area contributed by atoms with E-state index in [1.54, 1.807) is 11.8 Å². The third kappa shape index (κ3) is 5.16. The molecule has 3 N–H and O–H groups in total. The Kier molecular flexibility index (Phi) is 7.23. The van der Waals surface area contributed by atoms with Gasteiger partial charge in [-0.3, -0.25) is 9.59 Å². The van der Waals surface area contributed by atoms with E-state index in [0.29, 0.717) is 5.25 Å². The van der Waals surface area contributed by atoms with E-state index in [0.717, 1.165) is 41.5 Å². The molecule has 0 spiro atoms. The minimum atomic E-state index is -1.19. The predicted molar refractivity (Wildman–Crippen MR) is 127 cm³/mol. The third-order valence-corrected chi connectivity index (χ3v) is 7.58. The quantitative estimate of drug-likeness (QED) is 0.545. The first-order chi connectivity index (χ1) is 16.0. The second kappa shape index (κ2) is 10.3. The van der Waals surface area contributed by atoms with Crippen molar-refractivity contribution in [3.8, 4) is 11.1 Å². The van der Waals surface area contributed by atoms with Gasteiger partial charge in [-0.25, -0.2) is 4.79 Å². The Morgan fingerprint density at radius 3 is 2.30 bits per heavy atom. The summed E-state index contributed by atoms with van der Waals surface area (Å²) in [5.74, 6) is -1.77. The normalized spacial score (nSPS) is 19.9. The van der Waals surface area contributed by atoms with E-state index >= 15 is 0 Å². The van der Waals surface area contributed by atoms with Crippen LogP contribution in [0.2, 0.25) is 0 Å². The van der Waals surface area contributed by atoms with Crippen molar-refractivity contribution in [2.45, 2.75) is 48.9 Å². The first kappa shape index (κ1) is 23.2. The molecule has 3 unspecified atom stereocenters. The molecule has 174 valence electrons. The maximum absolute atomic E-state index is 12.8. The van der Waals surface area contributed by atoms with Gasteiger partial charge in [0.1, 0.15) is 12.6 Å². The molecule has 2 aliphatic rings. The topological polar surface area (TPSA) is 105 Å². The molecular weight excluding hydrogens is 440 g/mol. The zero-order chi connectivity index (χ0) is 23.4. The van der Waals surface area contributed by atoms with Crippen molar-refractivity contribution in [2.24, 2.45) is 0 Å².